The lowest BCUT2D eigenvalue weighted by Gasteiger charge is -2.42. The van der Waals surface area contributed by atoms with Crippen LogP contribution in [0.2, 0.25) is 0 Å². The summed E-state index contributed by atoms with van der Waals surface area (Å²) in [4.78, 5) is 12.0. The van der Waals surface area contributed by atoms with Crippen LogP contribution in [0.5, 0.6) is 0 Å². The molecule has 0 aliphatic heterocycles. The largest absolute Gasteiger partial charge is 0.334 e. The molecule has 0 aromatic carbocycles. The highest BCUT2D eigenvalue weighted by Crippen LogP contribution is 2.49. The molecule has 0 heterocycles. The molecule has 1 rings (SSSR count). The number of urea groups is 1. The molecule has 2 atom stereocenters. The van der Waals surface area contributed by atoms with Crippen LogP contribution in [0.1, 0.15) is 61.3 Å². The quantitative estimate of drug-likeness (QED) is 0.725. The Labute approximate surface area is 106 Å². The summed E-state index contributed by atoms with van der Waals surface area (Å²) in [6.45, 7) is 14.9. The lowest BCUT2D eigenvalue weighted by atomic mass is 9.72. The van der Waals surface area contributed by atoms with Crippen molar-refractivity contribution in [1.29, 1.82) is 0 Å². The fourth-order valence-corrected chi connectivity index (χ4v) is 2.58. The molecule has 1 fully saturated rings. The van der Waals surface area contributed by atoms with E-state index in [1.807, 2.05) is 20.8 Å². The van der Waals surface area contributed by atoms with Crippen molar-refractivity contribution in [2.75, 3.05) is 0 Å². The van der Waals surface area contributed by atoms with Gasteiger partial charge < -0.3 is 10.6 Å². The first-order valence-electron chi connectivity index (χ1n) is 6.58. The fourth-order valence-electron chi connectivity index (χ4n) is 2.58. The first kappa shape index (κ1) is 14.3. The third kappa shape index (κ3) is 2.93. The van der Waals surface area contributed by atoms with E-state index in [4.69, 9.17) is 0 Å². The molecule has 1 aliphatic rings. The van der Waals surface area contributed by atoms with E-state index in [2.05, 4.69) is 38.3 Å². The Hall–Kier alpha value is -0.730. The minimum Gasteiger partial charge on any atom is -0.334 e. The predicted molar refractivity (Wildman–Crippen MR) is 72.0 cm³/mol. The second kappa shape index (κ2) is 4.18. The second-order valence-corrected chi connectivity index (χ2v) is 7.32. The molecule has 2 amide bonds. The number of carbonyl (C=O) groups is 1. The van der Waals surface area contributed by atoms with Crippen LogP contribution in [-0.4, -0.2) is 17.1 Å². The zero-order valence-corrected chi connectivity index (χ0v) is 12.4. The number of amides is 2. The summed E-state index contributed by atoms with van der Waals surface area (Å²) in [5.74, 6) is 0.641. The molecule has 100 valence electrons. The Morgan fingerprint density at radius 1 is 1.24 bits per heavy atom. The van der Waals surface area contributed by atoms with E-state index in [0.29, 0.717) is 5.92 Å². The maximum atomic E-state index is 12.0. The van der Waals surface area contributed by atoms with Crippen molar-refractivity contribution in [3.8, 4) is 0 Å². The predicted octanol–water partition coefficient (Wildman–Crippen LogP) is 3.30. The summed E-state index contributed by atoms with van der Waals surface area (Å²) in [6.07, 6.45) is 2.23. The summed E-state index contributed by atoms with van der Waals surface area (Å²) in [7, 11) is 0. The molecule has 3 nitrogen and oxygen atoms in total. The van der Waals surface area contributed by atoms with Gasteiger partial charge in [-0.2, -0.15) is 0 Å². The highest BCUT2D eigenvalue weighted by atomic mass is 16.2. The van der Waals surface area contributed by atoms with E-state index in [-0.39, 0.29) is 22.5 Å². The van der Waals surface area contributed by atoms with Crippen molar-refractivity contribution in [2.24, 2.45) is 11.3 Å². The van der Waals surface area contributed by atoms with Crippen molar-refractivity contribution in [3.05, 3.63) is 0 Å². The third-order valence-electron chi connectivity index (χ3n) is 4.61. The minimum absolute atomic E-state index is 0.0535. The van der Waals surface area contributed by atoms with Gasteiger partial charge in [-0.1, -0.05) is 20.8 Å². The average Bonchev–Trinajstić information content (AvgIpc) is 2.26. The maximum Gasteiger partial charge on any atom is 0.315 e. The minimum atomic E-state index is -0.186. The van der Waals surface area contributed by atoms with Gasteiger partial charge in [0.05, 0.1) is 0 Å². The van der Waals surface area contributed by atoms with Gasteiger partial charge in [-0.25, -0.2) is 4.79 Å². The number of rotatable bonds is 1. The van der Waals surface area contributed by atoms with Crippen LogP contribution in [0, 0.1) is 11.3 Å². The molecule has 0 bridgehead atoms. The summed E-state index contributed by atoms with van der Waals surface area (Å²) < 4.78 is 0. The molecule has 1 saturated carbocycles. The summed E-state index contributed by atoms with van der Waals surface area (Å²) in [6, 6.07) is -0.0535. The first-order valence-corrected chi connectivity index (χ1v) is 6.58. The molecule has 2 N–H and O–H groups in total. The molecule has 0 saturated heterocycles. The van der Waals surface area contributed by atoms with Gasteiger partial charge >= 0.3 is 6.03 Å². The maximum absolute atomic E-state index is 12.0. The Kier molecular flexibility index (Phi) is 3.52. The SMILES string of the molecule is CC1CC[C@](C)(NC(=O)NC(C)(C)C)C1(C)C. The smallest absolute Gasteiger partial charge is 0.315 e. The zero-order valence-electron chi connectivity index (χ0n) is 12.4. The number of carbonyl (C=O) groups excluding carboxylic acids is 1. The third-order valence-corrected chi connectivity index (χ3v) is 4.61. The number of hydrogen-bond donors (Lipinski definition) is 2. The molecular formula is C14H28N2O. The highest BCUT2D eigenvalue weighted by molar-refractivity contribution is 5.75. The van der Waals surface area contributed by atoms with Gasteiger partial charge in [0.15, 0.2) is 0 Å². The first-order chi connectivity index (χ1) is 7.48. The van der Waals surface area contributed by atoms with Crippen molar-refractivity contribution in [3.63, 3.8) is 0 Å². The number of hydrogen-bond acceptors (Lipinski definition) is 1. The van der Waals surface area contributed by atoms with Crippen LogP contribution in [0.4, 0.5) is 4.79 Å². The lowest BCUT2D eigenvalue weighted by molar-refractivity contribution is 0.137. The molecule has 0 spiro atoms. The summed E-state index contributed by atoms with van der Waals surface area (Å²) >= 11 is 0. The van der Waals surface area contributed by atoms with Gasteiger partial charge in [-0.05, 0) is 51.9 Å². The van der Waals surface area contributed by atoms with E-state index < -0.39 is 0 Å². The molecule has 3 heteroatoms. The Balaban J connectivity index is 2.71. The van der Waals surface area contributed by atoms with E-state index in [9.17, 15) is 4.79 Å². The van der Waals surface area contributed by atoms with Crippen LogP contribution in [0.25, 0.3) is 0 Å². The van der Waals surface area contributed by atoms with Crippen LogP contribution in [-0.2, 0) is 0 Å². The van der Waals surface area contributed by atoms with Gasteiger partial charge in [0.1, 0.15) is 0 Å². The Morgan fingerprint density at radius 3 is 2.12 bits per heavy atom. The van der Waals surface area contributed by atoms with E-state index >= 15 is 0 Å². The van der Waals surface area contributed by atoms with Gasteiger partial charge in [0.2, 0.25) is 0 Å². The molecular weight excluding hydrogens is 212 g/mol. The van der Waals surface area contributed by atoms with Crippen LogP contribution < -0.4 is 10.6 Å². The molecule has 1 aliphatic carbocycles. The van der Waals surface area contributed by atoms with Crippen LogP contribution in [0.3, 0.4) is 0 Å². The number of nitrogens with one attached hydrogen (secondary N) is 2. The molecule has 0 aromatic rings. The second-order valence-electron chi connectivity index (χ2n) is 7.32. The van der Waals surface area contributed by atoms with Crippen molar-refractivity contribution in [2.45, 2.75) is 72.4 Å². The zero-order chi connectivity index (χ0) is 13.5. The van der Waals surface area contributed by atoms with Gasteiger partial charge in [-0.15, -0.1) is 0 Å². The molecule has 1 unspecified atom stereocenters. The average molecular weight is 240 g/mol. The Morgan fingerprint density at radius 2 is 1.76 bits per heavy atom. The van der Waals surface area contributed by atoms with Crippen LogP contribution in [0.15, 0.2) is 0 Å². The Bertz CT molecular complexity index is 304. The van der Waals surface area contributed by atoms with Crippen molar-refractivity contribution in [1.82, 2.24) is 10.6 Å². The van der Waals surface area contributed by atoms with Crippen molar-refractivity contribution < 1.29 is 4.79 Å². The van der Waals surface area contributed by atoms with Crippen molar-refractivity contribution >= 4 is 6.03 Å². The van der Waals surface area contributed by atoms with Crippen LogP contribution >= 0.6 is 0 Å². The topological polar surface area (TPSA) is 41.1 Å². The molecule has 0 aromatic heterocycles. The highest BCUT2D eigenvalue weighted by Gasteiger charge is 2.50. The summed E-state index contributed by atoms with van der Waals surface area (Å²) in [5, 5.41) is 6.16. The normalized spacial score (nSPS) is 32.3. The molecule has 17 heavy (non-hydrogen) atoms. The fraction of sp³-hybridized carbons (Fsp3) is 0.929. The van der Waals surface area contributed by atoms with Gasteiger partial charge in [0.25, 0.3) is 0 Å². The summed E-state index contributed by atoms with van der Waals surface area (Å²) in [5.41, 5.74) is -0.154. The lowest BCUT2D eigenvalue weighted by Crippen LogP contribution is -2.59. The van der Waals surface area contributed by atoms with E-state index in [1.54, 1.807) is 0 Å². The van der Waals surface area contributed by atoms with E-state index in [0.717, 1.165) is 6.42 Å². The van der Waals surface area contributed by atoms with E-state index in [1.165, 1.54) is 6.42 Å². The standard InChI is InChI=1S/C14H28N2O/c1-10-8-9-14(7,13(10,5)6)16-11(17)15-12(2,3)4/h10H,8-9H2,1-7H3,(H2,15,16,17)/t10?,14-/m0/s1. The van der Waals surface area contributed by atoms with Gasteiger partial charge in [0, 0.05) is 11.1 Å². The monoisotopic (exact) mass is 240 g/mol. The van der Waals surface area contributed by atoms with Gasteiger partial charge in [-0.3, -0.25) is 0 Å². The molecule has 0 radical (unpaired) electrons.